The predicted molar refractivity (Wildman–Crippen MR) is 143 cm³/mol. The van der Waals surface area contributed by atoms with Crippen LogP contribution in [-0.2, 0) is 21.1 Å². The fourth-order valence-corrected chi connectivity index (χ4v) is 3.89. The van der Waals surface area contributed by atoms with Crippen molar-refractivity contribution in [1.29, 1.82) is 0 Å². The number of rotatable bonds is 10. The van der Waals surface area contributed by atoms with Crippen molar-refractivity contribution in [2.75, 3.05) is 6.61 Å². The predicted octanol–water partition coefficient (Wildman–Crippen LogP) is 8.96. The Balaban J connectivity index is 2.02. The first-order valence-corrected chi connectivity index (χ1v) is 12.9. The fourth-order valence-electron chi connectivity index (χ4n) is 3.89. The van der Waals surface area contributed by atoms with E-state index in [1.807, 2.05) is 31.2 Å². The van der Waals surface area contributed by atoms with E-state index >= 15 is 0 Å². The average molecular weight is 529 g/mol. The molecule has 0 aliphatic rings. The van der Waals surface area contributed by atoms with E-state index in [9.17, 15) is 18.0 Å². The van der Waals surface area contributed by atoms with E-state index in [2.05, 4.69) is 20.8 Å². The maximum Gasteiger partial charge on any atom is 0.416 e. The highest BCUT2D eigenvalue weighted by atomic mass is 19.4. The first-order valence-electron chi connectivity index (χ1n) is 12.9. The van der Waals surface area contributed by atoms with Crippen LogP contribution < -0.4 is 9.47 Å². The highest BCUT2D eigenvalue weighted by Crippen LogP contribution is 2.39. The molecule has 3 aromatic carbocycles. The van der Waals surface area contributed by atoms with Crippen LogP contribution in [0.25, 0.3) is 11.1 Å². The summed E-state index contributed by atoms with van der Waals surface area (Å²) in [4.78, 5) is 12.7. The largest absolute Gasteiger partial charge is 0.475 e. The number of halogens is 3. The third-order valence-electron chi connectivity index (χ3n) is 6.05. The van der Waals surface area contributed by atoms with Gasteiger partial charge >= 0.3 is 12.1 Å². The highest BCUT2D eigenvalue weighted by Gasteiger charge is 2.30. The van der Waals surface area contributed by atoms with E-state index in [-0.39, 0.29) is 17.8 Å². The summed E-state index contributed by atoms with van der Waals surface area (Å²) in [6.07, 6.45) is -3.32. The number of esters is 1. The normalized spacial score (nSPS) is 12.6. The molecule has 0 N–H and O–H groups in total. The van der Waals surface area contributed by atoms with Gasteiger partial charge in [-0.1, -0.05) is 64.4 Å². The molecule has 0 bridgehead atoms. The lowest BCUT2D eigenvalue weighted by atomic mass is 9.87. The summed E-state index contributed by atoms with van der Waals surface area (Å²) in [5, 5.41) is 0. The van der Waals surface area contributed by atoms with E-state index in [0.717, 1.165) is 30.5 Å². The van der Waals surface area contributed by atoms with Crippen LogP contribution >= 0.6 is 0 Å². The van der Waals surface area contributed by atoms with Gasteiger partial charge in [-0.25, -0.2) is 4.79 Å². The number of unbranched alkanes of at least 4 members (excludes halogenated alkanes) is 1. The number of alkyl halides is 3. The van der Waals surface area contributed by atoms with Crippen molar-refractivity contribution in [1.82, 2.24) is 0 Å². The molecule has 0 spiro atoms. The summed E-state index contributed by atoms with van der Waals surface area (Å²) in [7, 11) is 0. The van der Waals surface area contributed by atoms with E-state index in [1.54, 1.807) is 31.2 Å². The third-order valence-corrected chi connectivity index (χ3v) is 6.05. The van der Waals surface area contributed by atoms with Crippen LogP contribution in [0, 0.1) is 0 Å². The first kappa shape index (κ1) is 29.1. The number of benzene rings is 3. The second-order valence-corrected chi connectivity index (χ2v) is 10.1. The third kappa shape index (κ3) is 7.76. The Morgan fingerprint density at radius 3 is 2.13 bits per heavy atom. The molecule has 38 heavy (non-hydrogen) atoms. The van der Waals surface area contributed by atoms with Crippen molar-refractivity contribution in [3.63, 3.8) is 0 Å². The Morgan fingerprint density at radius 2 is 1.53 bits per heavy atom. The molecule has 0 aromatic heterocycles. The molecule has 204 valence electrons. The minimum Gasteiger partial charge on any atom is -0.475 e. The monoisotopic (exact) mass is 528 g/mol. The standard InChI is InChI=1S/C31H35F3O4/c1-6-8-12-27(29(35)36-7-2)38-28-20-22(21-10-9-11-24(19-21)31(32,33)34)13-18-26(28)37-25-16-14-23(15-17-25)30(3,4)5/h9-11,13-20,27H,6-8,12H2,1-5H3. The quantitative estimate of drug-likeness (QED) is 0.246. The van der Waals surface area contributed by atoms with Crippen LogP contribution in [-0.4, -0.2) is 18.7 Å². The van der Waals surface area contributed by atoms with E-state index in [0.29, 0.717) is 29.0 Å². The molecule has 0 aliphatic carbocycles. The summed E-state index contributed by atoms with van der Waals surface area (Å²) in [6, 6.07) is 17.7. The fraction of sp³-hybridized carbons (Fsp3) is 0.387. The van der Waals surface area contributed by atoms with E-state index in [1.165, 1.54) is 6.07 Å². The minimum absolute atomic E-state index is 0.0223. The summed E-state index contributed by atoms with van der Waals surface area (Å²) in [6.45, 7) is 10.3. The molecule has 3 rings (SSSR count). The Hall–Kier alpha value is -3.48. The molecule has 0 heterocycles. The van der Waals surface area contributed by atoms with Gasteiger partial charge in [-0.05, 0) is 78.3 Å². The lowest BCUT2D eigenvalue weighted by Gasteiger charge is -2.21. The van der Waals surface area contributed by atoms with E-state index in [4.69, 9.17) is 14.2 Å². The SMILES string of the molecule is CCCCC(Oc1cc(-c2cccc(C(F)(F)F)c2)ccc1Oc1ccc(C(C)(C)C)cc1)C(=O)OCC. The first-order chi connectivity index (χ1) is 17.9. The summed E-state index contributed by atoms with van der Waals surface area (Å²) < 4.78 is 57.5. The average Bonchev–Trinajstić information content (AvgIpc) is 2.87. The maximum absolute atomic E-state index is 13.3. The molecule has 0 saturated carbocycles. The molecule has 7 heteroatoms. The second kappa shape index (κ2) is 12.4. The van der Waals surface area contributed by atoms with Gasteiger partial charge in [0.25, 0.3) is 0 Å². The summed E-state index contributed by atoms with van der Waals surface area (Å²) in [5.74, 6) is 0.658. The van der Waals surface area contributed by atoms with Gasteiger partial charge in [0.15, 0.2) is 17.6 Å². The van der Waals surface area contributed by atoms with Gasteiger partial charge in [-0.15, -0.1) is 0 Å². The summed E-state index contributed by atoms with van der Waals surface area (Å²) in [5.41, 5.74) is 1.24. The van der Waals surface area contributed by atoms with Crippen molar-refractivity contribution >= 4 is 5.97 Å². The number of hydrogen-bond acceptors (Lipinski definition) is 4. The van der Waals surface area contributed by atoms with Gasteiger partial charge in [0.1, 0.15) is 5.75 Å². The van der Waals surface area contributed by atoms with Gasteiger partial charge in [-0.2, -0.15) is 13.2 Å². The number of carbonyl (C=O) groups is 1. The number of ether oxygens (including phenoxy) is 3. The summed E-state index contributed by atoms with van der Waals surface area (Å²) >= 11 is 0. The molecule has 4 nitrogen and oxygen atoms in total. The van der Waals surface area contributed by atoms with Crippen molar-refractivity contribution in [3.8, 4) is 28.4 Å². The van der Waals surface area contributed by atoms with Crippen LogP contribution in [0.4, 0.5) is 13.2 Å². The second-order valence-electron chi connectivity index (χ2n) is 10.1. The Bertz CT molecular complexity index is 1210. The van der Waals surface area contributed by atoms with Crippen molar-refractivity contribution in [2.24, 2.45) is 0 Å². The number of carbonyl (C=O) groups excluding carboxylic acids is 1. The number of hydrogen-bond donors (Lipinski definition) is 0. The zero-order valence-corrected chi connectivity index (χ0v) is 22.5. The molecule has 0 saturated heterocycles. The molecule has 1 unspecified atom stereocenters. The Morgan fingerprint density at radius 1 is 0.842 bits per heavy atom. The molecular formula is C31H35F3O4. The van der Waals surface area contributed by atoms with Crippen LogP contribution in [0.15, 0.2) is 66.7 Å². The molecule has 0 aliphatic heterocycles. The molecule has 0 fully saturated rings. The van der Waals surface area contributed by atoms with Crippen molar-refractivity contribution < 1.29 is 32.2 Å². The van der Waals surface area contributed by atoms with Gasteiger partial charge in [-0.3, -0.25) is 0 Å². The van der Waals surface area contributed by atoms with Gasteiger partial charge < -0.3 is 14.2 Å². The van der Waals surface area contributed by atoms with E-state index < -0.39 is 23.8 Å². The Kier molecular flexibility index (Phi) is 9.47. The molecule has 1 atom stereocenters. The van der Waals surface area contributed by atoms with Crippen LogP contribution in [0.3, 0.4) is 0 Å². The van der Waals surface area contributed by atoms with Crippen LogP contribution in [0.1, 0.15) is 65.0 Å². The van der Waals surface area contributed by atoms with Crippen LogP contribution in [0.2, 0.25) is 0 Å². The smallest absolute Gasteiger partial charge is 0.416 e. The van der Waals surface area contributed by atoms with Crippen molar-refractivity contribution in [3.05, 3.63) is 77.9 Å². The molecule has 3 aromatic rings. The van der Waals surface area contributed by atoms with Crippen molar-refractivity contribution in [2.45, 2.75) is 71.6 Å². The molecule has 0 radical (unpaired) electrons. The highest BCUT2D eigenvalue weighted by molar-refractivity contribution is 5.75. The van der Waals surface area contributed by atoms with Gasteiger partial charge in [0.05, 0.1) is 12.2 Å². The zero-order valence-electron chi connectivity index (χ0n) is 22.5. The topological polar surface area (TPSA) is 44.8 Å². The van der Waals surface area contributed by atoms with Gasteiger partial charge in [0.2, 0.25) is 0 Å². The van der Waals surface area contributed by atoms with Gasteiger partial charge in [0, 0.05) is 0 Å². The van der Waals surface area contributed by atoms with Crippen LogP contribution in [0.5, 0.6) is 17.2 Å². The minimum atomic E-state index is -4.47. The Labute approximate surface area is 222 Å². The zero-order chi connectivity index (χ0) is 27.9. The lowest BCUT2D eigenvalue weighted by molar-refractivity contribution is -0.151. The maximum atomic E-state index is 13.3. The molecular weight excluding hydrogens is 493 g/mol. The lowest BCUT2D eigenvalue weighted by Crippen LogP contribution is -2.29. The molecule has 0 amide bonds.